The van der Waals surface area contributed by atoms with Gasteiger partial charge in [-0.15, -0.1) is 0 Å². The van der Waals surface area contributed by atoms with E-state index in [0.717, 1.165) is 11.3 Å². The lowest BCUT2D eigenvalue weighted by Crippen LogP contribution is -2.00. The lowest BCUT2D eigenvalue weighted by molar-refractivity contribution is 0.335. The third kappa shape index (κ3) is 3.04. The van der Waals surface area contributed by atoms with E-state index in [9.17, 15) is 4.21 Å². The van der Waals surface area contributed by atoms with Crippen LogP contribution in [0.4, 0.5) is 0 Å². The van der Waals surface area contributed by atoms with Crippen LogP contribution in [-0.2, 0) is 11.1 Å². The number of rotatable bonds is 4. The Morgan fingerprint density at radius 1 is 1.47 bits per heavy atom. The molecular formula is C11H16O3S. The first-order valence-corrected chi connectivity index (χ1v) is 6.04. The summed E-state index contributed by atoms with van der Waals surface area (Å²) in [7, 11) is 0. The molecule has 0 spiro atoms. The maximum absolute atomic E-state index is 10.9. The second-order valence-electron chi connectivity index (χ2n) is 3.54. The first-order chi connectivity index (χ1) is 7.06. The molecule has 0 saturated carbocycles. The van der Waals surface area contributed by atoms with Gasteiger partial charge in [-0.2, -0.15) is 0 Å². The zero-order valence-electron chi connectivity index (χ0n) is 9.19. The molecule has 0 saturated heterocycles. The molecule has 1 rings (SSSR count). The van der Waals surface area contributed by atoms with Gasteiger partial charge in [0.05, 0.1) is 11.5 Å². The average Bonchev–Trinajstić information content (AvgIpc) is 2.18. The summed E-state index contributed by atoms with van der Waals surface area (Å²) in [4.78, 5) is 0.419. The van der Waals surface area contributed by atoms with Gasteiger partial charge in [-0.25, -0.2) is 4.21 Å². The van der Waals surface area contributed by atoms with E-state index in [4.69, 9.17) is 9.29 Å². The molecule has 0 radical (unpaired) electrons. The van der Waals surface area contributed by atoms with Crippen molar-refractivity contribution in [3.63, 3.8) is 0 Å². The van der Waals surface area contributed by atoms with Crippen LogP contribution in [0.1, 0.15) is 32.3 Å². The van der Waals surface area contributed by atoms with Crippen LogP contribution in [0.25, 0.3) is 0 Å². The summed E-state index contributed by atoms with van der Waals surface area (Å²) in [6.45, 7) is 6.58. The van der Waals surface area contributed by atoms with Crippen molar-refractivity contribution in [1.82, 2.24) is 0 Å². The highest BCUT2D eigenvalue weighted by atomic mass is 32.2. The number of ether oxygens (including phenoxy) is 1. The first-order valence-electron chi connectivity index (χ1n) is 4.93. The van der Waals surface area contributed by atoms with E-state index >= 15 is 0 Å². The SMILES string of the molecule is CCOc1ccc(S(=O)O)cc1C(C)C. The molecule has 1 unspecified atom stereocenters. The van der Waals surface area contributed by atoms with Crippen LogP contribution in [0.2, 0.25) is 0 Å². The van der Waals surface area contributed by atoms with E-state index in [-0.39, 0.29) is 5.92 Å². The molecule has 0 aliphatic heterocycles. The Balaban J connectivity index is 3.14. The van der Waals surface area contributed by atoms with Crippen LogP contribution in [0.15, 0.2) is 23.1 Å². The fourth-order valence-electron chi connectivity index (χ4n) is 1.37. The molecule has 1 atom stereocenters. The minimum Gasteiger partial charge on any atom is -0.494 e. The van der Waals surface area contributed by atoms with Crippen molar-refractivity contribution >= 4 is 11.1 Å². The fraction of sp³-hybridized carbons (Fsp3) is 0.455. The molecule has 0 amide bonds. The fourth-order valence-corrected chi connectivity index (χ4v) is 1.79. The molecule has 1 aromatic carbocycles. The van der Waals surface area contributed by atoms with Gasteiger partial charge in [-0.1, -0.05) is 13.8 Å². The van der Waals surface area contributed by atoms with Crippen molar-refractivity contribution in [2.75, 3.05) is 6.61 Å². The van der Waals surface area contributed by atoms with Crippen LogP contribution in [-0.4, -0.2) is 15.4 Å². The van der Waals surface area contributed by atoms with Gasteiger partial charge in [0.1, 0.15) is 5.75 Å². The summed E-state index contributed by atoms with van der Waals surface area (Å²) < 4.78 is 25.3. The van der Waals surface area contributed by atoms with Crippen LogP contribution >= 0.6 is 0 Å². The van der Waals surface area contributed by atoms with E-state index in [1.54, 1.807) is 18.2 Å². The van der Waals surface area contributed by atoms with E-state index < -0.39 is 11.1 Å². The lowest BCUT2D eigenvalue weighted by Gasteiger charge is -2.13. The summed E-state index contributed by atoms with van der Waals surface area (Å²) in [5, 5.41) is 0. The highest BCUT2D eigenvalue weighted by Gasteiger charge is 2.10. The van der Waals surface area contributed by atoms with Crippen LogP contribution < -0.4 is 4.74 Å². The minimum absolute atomic E-state index is 0.273. The van der Waals surface area contributed by atoms with Gasteiger partial charge in [-0.3, -0.25) is 0 Å². The van der Waals surface area contributed by atoms with Crippen molar-refractivity contribution in [2.24, 2.45) is 0 Å². The Labute approximate surface area is 92.7 Å². The van der Waals surface area contributed by atoms with Gasteiger partial charge in [0.2, 0.25) is 0 Å². The molecule has 0 heterocycles. The molecule has 1 N–H and O–H groups in total. The second-order valence-corrected chi connectivity index (χ2v) is 4.51. The summed E-state index contributed by atoms with van der Waals surface area (Å²) in [5.41, 5.74) is 0.969. The van der Waals surface area contributed by atoms with Gasteiger partial charge in [-0.05, 0) is 36.6 Å². The molecule has 0 fully saturated rings. The van der Waals surface area contributed by atoms with Crippen LogP contribution in [0.5, 0.6) is 5.75 Å². The quantitative estimate of drug-likeness (QED) is 0.806. The third-order valence-electron chi connectivity index (χ3n) is 2.10. The Kier molecular flexibility index (Phi) is 4.29. The Bertz CT molecular complexity index is 361. The number of benzene rings is 1. The number of hydrogen-bond donors (Lipinski definition) is 1. The second kappa shape index (κ2) is 5.28. The topological polar surface area (TPSA) is 46.5 Å². The third-order valence-corrected chi connectivity index (χ3v) is 2.76. The van der Waals surface area contributed by atoms with Crippen LogP contribution in [0, 0.1) is 0 Å². The largest absolute Gasteiger partial charge is 0.494 e. The monoisotopic (exact) mass is 228 g/mol. The predicted molar refractivity (Wildman–Crippen MR) is 60.7 cm³/mol. The molecule has 15 heavy (non-hydrogen) atoms. The average molecular weight is 228 g/mol. The Hall–Kier alpha value is -0.870. The molecule has 0 aliphatic rings. The molecule has 0 aliphatic carbocycles. The van der Waals surface area contributed by atoms with Gasteiger partial charge in [0.15, 0.2) is 11.1 Å². The summed E-state index contributed by atoms with van der Waals surface area (Å²) >= 11 is -1.92. The van der Waals surface area contributed by atoms with Gasteiger partial charge in [0, 0.05) is 0 Å². The summed E-state index contributed by atoms with van der Waals surface area (Å²) in [6.07, 6.45) is 0. The maximum Gasteiger partial charge on any atom is 0.186 e. The Morgan fingerprint density at radius 2 is 2.13 bits per heavy atom. The van der Waals surface area contributed by atoms with Crippen molar-refractivity contribution in [3.05, 3.63) is 23.8 Å². The molecule has 0 bridgehead atoms. The van der Waals surface area contributed by atoms with Gasteiger partial charge < -0.3 is 9.29 Å². The predicted octanol–water partition coefficient (Wildman–Crippen LogP) is 2.79. The van der Waals surface area contributed by atoms with Gasteiger partial charge in [0.25, 0.3) is 0 Å². The molecule has 4 heteroatoms. The minimum atomic E-state index is -1.92. The zero-order chi connectivity index (χ0) is 11.4. The van der Waals surface area contributed by atoms with E-state index in [0.29, 0.717) is 11.5 Å². The van der Waals surface area contributed by atoms with Crippen molar-refractivity contribution in [1.29, 1.82) is 0 Å². The van der Waals surface area contributed by atoms with Crippen molar-refractivity contribution < 1.29 is 13.5 Å². The zero-order valence-corrected chi connectivity index (χ0v) is 10.0. The van der Waals surface area contributed by atoms with Crippen molar-refractivity contribution in [3.8, 4) is 5.75 Å². The van der Waals surface area contributed by atoms with Gasteiger partial charge >= 0.3 is 0 Å². The smallest absolute Gasteiger partial charge is 0.186 e. The van der Waals surface area contributed by atoms with Crippen molar-refractivity contribution in [2.45, 2.75) is 31.6 Å². The standard InChI is InChI=1S/C11H16O3S/c1-4-14-11-6-5-9(15(12)13)7-10(11)8(2)3/h5-8H,4H2,1-3H3,(H,12,13). The molecule has 1 aromatic rings. The van der Waals surface area contributed by atoms with E-state index in [2.05, 4.69) is 0 Å². The highest BCUT2D eigenvalue weighted by molar-refractivity contribution is 7.79. The number of hydrogen-bond acceptors (Lipinski definition) is 2. The lowest BCUT2D eigenvalue weighted by atomic mass is 10.0. The molecule has 84 valence electrons. The van der Waals surface area contributed by atoms with E-state index in [1.807, 2.05) is 20.8 Å². The molecule has 0 aromatic heterocycles. The van der Waals surface area contributed by atoms with E-state index in [1.165, 1.54) is 0 Å². The first kappa shape index (κ1) is 12.2. The normalized spacial score (nSPS) is 12.9. The van der Waals surface area contributed by atoms with Crippen LogP contribution in [0.3, 0.4) is 0 Å². The Morgan fingerprint density at radius 3 is 2.60 bits per heavy atom. The summed E-state index contributed by atoms with van der Waals surface area (Å²) in [5.74, 6) is 1.07. The maximum atomic E-state index is 10.9. The molecular weight excluding hydrogens is 212 g/mol. The summed E-state index contributed by atoms with van der Waals surface area (Å²) in [6, 6.07) is 5.10. The molecule has 3 nitrogen and oxygen atoms in total. The highest BCUT2D eigenvalue weighted by Crippen LogP contribution is 2.28.